The van der Waals surface area contributed by atoms with Gasteiger partial charge in [0.15, 0.2) is 0 Å². The molecule has 0 saturated carbocycles. The van der Waals surface area contributed by atoms with Crippen LogP contribution in [0.25, 0.3) is 0 Å². The van der Waals surface area contributed by atoms with E-state index in [9.17, 15) is 0 Å². The number of hydrogen-bond donors (Lipinski definition) is 1. The molecule has 4 heteroatoms. The summed E-state index contributed by atoms with van der Waals surface area (Å²) < 4.78 is 2.11. The van der Waals surface area contributed by atoms with Crippen molar-refractivity contribution in [1.82, 2.24) is 20.1 Å². The molecule has 0 radical (unpaired) electrons. The summed E-state index contributed by atoms with van der Waals surface area (Å²) in [6, 6.07) is 0. The predicted octanol–water partition coefficient (Wildman–Crippen LogP) is 0.716. The molecule has 0 fully saturated rings. The zero-order valence-corrected chi connectivity index (χ0v) is 7.96. The van der Waals surface area contributed by atoms with Crippen LogP contribution in [0, 0.1) is 6.92 Å². The third-order valence-corrected chi connectivity index (χ3v) is 1.86. The van der Waals surface area contributed by atoms with Gasteiger partial charge in [-0.05, 0) is 20.4 Å². The van der Waals surface area contributed by atoms with Crippen molar-refractivity contribution in [3.8, 4) is 0 Å². The van der Waals surface area contributed by atoms with Gasteiger partial charge < -0.3 is 9.88 Å². The van der Waals surface area contributed by atoms with Gasteiger partial charge in [0.1, 0.15) is 11.6 Å². The number of rotatable bonds is 4. The Labute approximate surface area is 73.0 Å². The van der Waals surface area contributed by atoms with Gasteiger partial charge in [0.25, 0.3) is 0 Å². The van der Waals surface area contributed by atoms with Gasteiger partial charge in [-0.15, -0.1) is 10.2 Å². The second kappa shape index (κ2) is 4.21. The first-order chi connectivity index (χ1) is 5.79. The van der Waals surface area contributed by atoms with E-state index < -0.39 is 0 Å². The van der Waals surface area contributed by atoms with Crippen molar-refractivity contribution in [1.29, 1.82) is 0 Å². The molecule has 0 aliphatic rings. The second-order valence-corrected chi connectivity index (χ2v) is 2.69. The Morgan fingerprint density at radius 1 is 1.33 bits per heavy atom. The van der Waals surface area contributed by atoms with Crippen molar-refractivity contribution >= 4 is 0 Å². The predicted molar refractivity (Wildman–Crippen MR) is 47.8 cm³/mol. The molecule has 1 aromatic heterocycles. The maximum atomic E-state index is 4.07. The highest BCUT2D eigenvalue weighted by molar-refractivity contribution is 4.93. The fourth-order valence-corrected chi connectivity index (χ4v) is 1.20. The van der Waals surface area contributed by atoms with E-state index in [1.807, 2.05) is 6.92 Å². The monoisotopic (exact) mass is 168 g/mol. The summed E-state index contributed by atoms with van der Waals surface area (Å²) in [5.41, 5.74) is 0. The van der Waals surface area contributed by atoms with Crippen LogP contribution in [0.5, 0.6) is 0 Å². The molecule has 1 rings (SSSR count). The van der Waals surface area contributed by atoms with Gasteiger partial charge in [-0.3, -0.25) is 0 Å². The third kappa shape index (κ3) is 1.82. The fourth-order valence-electron chi connectivity index (χ4n) is 1.20. The quantitative estimate of drug-likeness (QED) is 0.720. The topological polar surface area (TPSA) is 42.7 Å². The summed E-state index contributed by atoms with van der Waals surface area (Å²) in [6.07, 6.45) is 0. The van der Waals surface area contributed by atoms with Crippen molar-refractivity contribution < 1.29 is 0 Å². The minimum absolute atomic E-state index is 0.811. The van der Waals surface area contributed by atoms with Crippen molar-refractivity contribution in [3.63, 3.8) is 0 Å². The highest BCUT2D eigenvalue weighted by atomic mass is 15.3. The van der Waals surface area contributed by atoms with Crippen molar-refractivity contribution in [2.24, 2.45) is 0 Å². The van der Waals surface area contributed by atoms with Crippen LogP contribution in [-0.2, 0) is 13.1 Å². The molecule has 4 nitrogen and oxygen atoms in total. The molecule has 0 saturated heterocycles. The Morgan fingerprint density at radius 2 is 2.08 bits per heavy atom. The van der Waals surface area contributed by atoms with E-state index in [0.29, 0.717) is 0 Å². The molecule has 0 aliphatic heterocycles. The first-order valence-corrected chi connectivity index (χ1v) is 4.39. The second-order valence-electron chi connectivity index (χ2n) is 2.69. The van der Waals surface area contributed by atoms with Gasteiger partial charge >= 0.3 is 0 Å². The van der Waals surface area contributed by atoms with Crippen molar-refractivity contribution in [3.05, 3.63) is 11.6 Å². The number of nitrogens with one attached hydrogen (secondary N) is 1. The third-order valence-electron chi connectivity index (χ3n) is 1.86. The summed E-state index contributed by atoms with van der Waals surface area (Å²) in [7, 11) is 0. The summed E-state index contributed by atoms with van der Waals surface area (Å²) in [5, 5.41) is 11.3. The van der Waals surface area contributed by atoms with Crippen LogP contribution in [0.3, 0.4) is 0 Å². The smallest absolute Gasteiger partial charge is 0.146 e. The highest BCUT2D eigenvalue weighted by Gasteiger charge is 2.04. The normalized spacial score (nSPS) is 10.6. The fraction of sp³-hybridized carbons (Fsp3) is 0.750. The van der Waals surface area contributed by atoms with Gasteiger partial charge in [-0.1, -0.05) is 6.92 Å². The average molecular weight is 168 g/mol. The molecular formula is C8H16N4. The van der Waals surface area contributed by atoms with Gasteiger partial charge in [0.05, 0.1) is 6.54 Å². The van der Waals surface area contributed by atoms with Crippen LogP contribution in [0.4, 0.5) is 0 Å². The number of nitrogens with zero attached hydrogens (tertiary/aromatic N) is 3. The van der Waals surface area contributed by atoms with Crippen LogP contribution in [-0.4, -0.2) is 21.3 Å². The largest absolute Gasteiger partial charge is 0.314 e. The maximum absolute atomic E-state index is 4.07. The van der Waals surface area contributed by atoms with Gasteiger partial charge in [0.2, 0.25) is 0 Å². The van der Waals surface area contributed by atoms with Gasteiger partial charge in [-0.2, -0.15) is 0 Å². The van der Waals surface area contributed by atoms with Crippen molar-refractivity contribution in [2.75, 3.05) is 6.54 Å². The Bertz CT molecular complexity index is 241. The maximum Gasteiger partial charge on any atom is 0.146 e. The summed E-state index contributed by atoms with van der Waals surface area (Å²) in [4.78, 5) is 0. The van der Waals surface area contributed by atoms with E-state index in [4.69, 9.17) is 0 Å². The molecule has 0 aromatic carbocycles. The number of aromatic nitrogens is 3. The van der Waals surface area contributed by atoms with E-state index in [-0.39, 0.29) is 0 Å². The standard InChI is InChI=1S/C8H16N4/c1-4-9-6-8-11-10-7(3)12(8)5-2/h9H,4-6H2,1-3H3. The Morgan fingerprint density at radius 3 is 2.67 bits per heavy atom. The molecule has 0 spiro atoms. The first-order valence-electron chi connectivity index (χ1n) is 4.39. The molecule has 0 amide bonds. The molecule has 0 unspecified atom stereocenters. The Balaban J connectivity index is 2.70. The first kappa shape index (κ1) is 9.19. The molecule has 1 heterocycles. The molecule has 1 aromatic rings. The lowest BCUT2D eigenvalue weighted by Crippen LogP contribution is -2.16. The van der Waals surface area contributed by atoms with Crippen LogP contribution < -0.4 is 5.32 Å². The molecule has 0 aliphatic carbocycles. The van der Waals surface area contributed by atoms with E-state index in [1.165, 1.54) is 0 Å². The lowest BCUT2D eigenvalue weighted by atomic mass is 10.5. The van der Waals surface area contributed by atoms with Crippen LogP contribution in [0.2, 0.25) is 0 Å². The lowest BCUT2D eigenvalue weighted by Gasteiger charge is -2.04. The molecule has 68 valence electrons. The van der Waals surface area contributed by atoms with Crippen LogP contribution >= 0.6 is 0 Å². The SMILES string of the molecule is CCNCc1nnc(C)n1CC. The Hall–Kier alpha value is -0.900. The molecule has 1 N–H and O–H groups in total. The van der Waals surface area contributed by atoms with Crippen LogP contribution in [0.15, 0.2) is 0 Å². The van der Waals surface area contributed by atoms with E-state index in [2.05, 4.69) is 33.9 Å². The molecule has 0 bridgehead atoms. The van der Waals surface area contributed by atoms with E-state index >= 15 is 0 Å². The minimum Gasteiger partial charge on any atom is -0.314 e. The van der Waals surface area contributed by atoms with E-state index in [0.717, 1.165) is 31.3 Å². The van der Waals surface area contributed by atoms with Crippen LogP contribution in [0.1, 0.15) is 25.5 Å². The zero-order chi connectivity index (χ0) is 8.97. The summed E-state index contributed by atoms with van der Waals surface area (Å²) in [6.45, 7) is 8.89. The Kier molecular flexibility index (Phi) is 3.22. The van der Waals surface area contributed by atoms with Gasteiger partial charge in [0, 0.05) is 6.54 Å². The van der Waals surface area contributed by atoms with E-state index in [1.54, 1.807) is 0 Å². The average Bonchev–Trinajstić information content (AvgIpc) is 2.43. The van der Waals surface area contributed by atoms with Crippen molar-refractivity contribution in [2.45, 2.75) is 33.9 Å². The minimum atomic E-state index is 0.811. The summed E-state index contributed by atoms with van der Waals surface area (Å²) >= 11 is 0. The molecule has 12 heavy (non-hydrogen) atoms. The number of hydrogen-bond acceptors (Lipinski definition) is 3. The zero-order valence-electron chi connectivity index (χ0n) is 7.96. The summed E-state index contributed by atoms with van der Waals surface area (Å²) in [5.74, 6) is 2.02. The van der Waals surface area contributed by atoms with Gasteiger partial charge in [-0.25, -0.2) is 0 Å². The highest BCUT2D eigenvalue weighted by Crippen LogP contribution is 1.99. The molecule has 0 atom stereocenters. The number of aryl methyl sites for hydroxylation is 1. The lowest BCUT2D eigenvalue weighted by molar-refractivity contribution is 0.620. The molecular weight excluding hydrogens is 152 g/mol.